The number of pyridine rings is 1. The van der Waals surface area contributed by atoms with Gasteiger partial charge in [0.15, 0.2) is 6.61 Å². The van der Waals surface area contributed by atoms with Crippen LogP contribution in [0.2, 0.25) is 10.0 Å². The fraction of sp³-hybridized carbons (Fsp3) is 0.294. The molecule has 0 unspecified atom stereocenters. The molecular formula is C17H19Cl2N3O3. The number of nitrogens with one attached hydrogen (secondary N) is 2. The van der Waals surface area contributed by atoms with Gasteiger partial charge in [-0.15, -0.1) is 0 Å². The first kappa shape index (κ1) is 19.3. The van der Waals surface area contributed by atoms with Crippen molar-refractivity contribution in [3.63, 3.8) is 0 Å². The first-order chi connectivity index (χ1) is 12.1. The Bertz CT molecular complexity index is 696. The molecule has 0 aliphatic carbocycles. The van der Waals surface area contributed by atoms with Gasteiger partial charge in [-0.05, 0) is 36.8 Å². The van der Waals surface area contributed by atoms with E-state index in [1.807, 2.05) is 0 Å². The molecule has 134 valence electrons. The van der Waals surface area contributed by atoms with Crippen LogP contribution in [0.5, 0.6) is 5.75 Å². The van der Waals surface area contributed by atoms with Gasteiger partial charge in [-0.1, -0.05) is 23.2 Å². The zero-order valence-corrected chi connectivity index (χ0v) is 15.2. The lowest BCUT2D eigenvalue weighted by molar-refractivity contribution is -0.118. The number of anilines is 2. The van der Waals surface area contributed by atoms with Crippen molar-refractivity contribution in [1.29, 1.82) is 0 Å². The van der Waals surface area contributed by atoms with Crippen molar-refractivity contribution in [2.24, 2.45) is 0 Å². The molecule has 25 heavy (non-hydrogen) atoms. The third kappa shape index (κ3) is 6.78. The summed E-state index contributed by atoms with van der Waals surface area (Å²) in [5, 5.41) is 6.72. The highest BCUT2D eigenvalue weighted by Crippen LogP contribution is 2.27. The number of carbonyl (C=O) groups excluding carboxylic acids is 1. The van der Waals surface area contributed by atoms with E-state index in [4.69, 9.17) is 32.7 Å². The fourth-order valence-electron chi connectivity index (χ4n) is 1.94. The van der Waals surface area contributed by atoms with Gasteiger partial charge < -0.3 is 20.1 Å². The van der Waals surface area contributed by atoms with Crippen LogP contribution >= 0.6 is 23.2 Å². The molecule has 1 aromatic carbocycles. The van der Waals surface area contributed by atoms with Crippen molar-refractivity contribution in [3.05, 3.63) is 46.6 Å². The van der Waals surface area contributed by atoms with Gasteiger partial charge in [0.1, 0.15) is 11.6 Å². The predicted octanol–water partition coefficient (Wildman–Crippen LogP) is 3.85. The predicted molar refractivity (Wildman–Crippen MR) is 99.8 cm³/mol. The van der Waals surface area contributed by atoms with E-state index >= 15 is 0 Å². The highest BCUT2D eigenvalue weighted by molar-refractivity contribution is 6.35. The molecule has 0 aliphatic heterocycles. The smallest absolute Gasteiger partial charge is 0.262 e. The van der Waals surface area contributed by atoms with Gasteiger partial charge >= 0.3 is 0 Å². The van der Waals surface area contributed by atoms with Crippen LogP contribution in [0.1, 0.15) is 6.42 Å². The average Bonchev–Trinajstić information content (AvgIpc) is 2.59. The van der Waals surface area contributed by atoms with Crippen LogP contribution in [0.15, 0.2) is 36.5 Å². The van der Waals surface area contributed by atoms with Gasteiger partial charge in [0.2, 0.25) is 0 Å². The summed E-state index contributed by atoms with van der Waals surface area (Å²) in [5.41, 5.74) is 0.582. The second kappa shape index (κ2) is 10.1. The summed E-state index contributed by atoms with van der Waals surface area (Å²) in [6.07, 6.45) is 2.47. The summed E-state index contributed by atoms with van der Waals surface area (Å²) in [4.78, 5) is 16.2. The van der Waals surface area contributed by atoms with Crippen molar-refractivity contribution in [3.8, 4) is 5.75 Å². The van der Waals surface area contributed by atoms with E-state index in [1.165, 1.54) is 0 Å². The van der Waals surface area contributed by atoms with E-state index < -0.39 is 0 Å². The second-order valence-corrected chi connectivity index (χ2v) is 5.96. The Hall–Kier alpha value is -2.02. The number of carbonyl (C=O) groups is 1. The number of nitrogens with zero attached hydrogens (tertiary/aromatic N) is 1. The largest absolute Gasteiger partial charge is 0.482 e. The molecule has 6 nitrogen and oxygen atoms in total. The van der Waals surface area contributed by atoms with Crippen molar-refractivity contribution in [1.82, 2.24) is 4.98 Å². The number of hydrogen-bond donors (Lipinski definition) is 2. The SMILES string of the molecule is COCCCNc1ccc(NC(=O)COc2ccc(Cl)cc2Cl)cn1. The summed E-state index contributed by atoms with van der Waals surface area (Å²) in [6, 6.07) is 8.36. The molecule has 0 radical (unpaired) electrons. The van der Waals surface area contributed by atoms with E-state index in [9.17, 15) is 4.79 Å². The van der Waals surface area contributed by atoms with E-state index in [2.05, 4.69) is 15.6 Å². The maximum atomic E-state index is 11.9. The van der Waals surface area contributed by atoms with Crippen molar-refractivity contribution >= 4 is 40.6 Å². The van der Waals surface area contributed by atoms with E-state index in [1.54, 1.807) is 43.6 Å². The molecule has 0 saturated carbocycles. The molecule has 0 fully saturated rings. The Labute approximate surface area is 156 Å². The van der Waals surface area contributed by atoms with Gasteiger partial charge in [0.05, 0.1) is 16.9 Å². The van der Waals surface area contributed by atoms with Crippen LogP contribution in [0.3, 0.4) is 0 Å². The number of aromatic nitrogens is 1. The Kier molecular flexibility index (Phi) is 7.78. The molecule has 1 aromatic heterocycles. The number of halogens is 2. The molecule has 0 aliphatic rings. The Balaban J connectivity index is 1.78. The average molecular weight is 384 g/mol. The molecule has 0 spiro atoms. The molecule has 8 heteroatoms. The van der Waals surface area contributed by atoms with Gasteiger partial charge in [0, 0.05) is 25.3 Å². The van der Waals surface area contributed by atoms with Crippen molar-refractivity contribution < 1.29 is 14.3 Å². The lowest BCUT2D eigenvalue weighted by Crippen LogP contribution is -2.20. The van der Waals surface area contributed by atoms with Crippen molar-refractivity contribution in [2.45, 2.75) is 6.42 Å². The Morgan fingerprint density at radius 3 is 2.76 bits per heavy atom. The van der Waals surface area contributed by atoms with Crippen molar-refractivity contribution in [2.75, 3.05) is 37.5 Å². The molecule has 0 saturated heterocycles. The third-order valence-electron chi connectivity index (χ3n) is 3.13. The molecule has 2 rings (SSSR count). The van der Waals surface area contributed by atoms with Gasteiger partial charge in [-0.3, -0.25) is 4.79 Å². The van der Waals surface area contributed by atoms with Crippen LogP contribution in [0.25, 0.3) is 0 Å². The van der Waals surface area contributed by atoms with Gasteiger partial charge in [-0.2, -0.15) is 0 Å². The van der Waals surface area contributed by atoms with E-state index in [0.29, 0.717) is 28.1 Å². The summed E-state index contributed by atoms with van der Waals surface area (Å²) in [5.74, 6) is 0.821. The zero-order chi connectivity index (χ0) is 18.1. The normalized spacial score (nSPS) is 10.4. The first-order valence-electron chi connectivity index (χ1n) is 7.65. The van der Waals surface area contributed by atoms with Gasteiger partial charge in [-0.25, -0.2) is 4.98 Å². The van der Waals surface area contributed by atoms with Crippen LogP contribution < -0.4 is 15.4 Å². The number of hydrogen-bond acceptors (Lipinski definition) is 5. The first-order valence-corrected chi connectivity index (χ1v) is 8.40. The molecule has 2 aromatic rings. The summed E-state index contributed by atoms with van der Waals surface area (Å²) >= 11 is 11.8. The highest BCUT2D eigenvalue weighted by Gasteiger charge is 2.07. The lowest BCUT2D eigenvalue weighted by Gasteiger charge is -2.10. The highest BCUT2D eigenvalue weighted by atomic mass is 35.5. The van der Waals surface area contributed by atoms with Crippen LogP contribution in [-0.4, -0.2) is 37.8 Å². The Morgan fingerprint density at radius 2 is 2.08 bits per heavy atom. The monoisotopic (exact) mass is 383 g/mol. The number of methoxy groups -OCH3 is 1. The molecule has 0 bridgehead atoms. The second-order valence-electron chi connectivity index (χ2n) is 5.12. The quantitative estimate of drug-likeness (QED) is 0.643. The summed E-state index contributed by atoms with van der Waals surface area (Å²) in [6.45, 7) is 1.29. The maximum Gasteiger partial charge on any atom is 0.262 e. The van der Waals surface area contributed by atoms with Crippen LogP contribution in [-0.2, 0) is 9.53 Å². The summed E-state index contributed by atoms with van der Waals surface area (Å²) in [7, 11) is 1.67. The summed E-state index contributed by atoms with van der Waals surface area (Å²) < 4.78 is 10.4. The fourth-order valence-corrected chi connectivity index (χ4v) is 2.40. The zero-order valence-electron chi connectivity index (χ0n) is 13.7. The van der Waals surface area contributed by atoms with Gasteiger partial charge in [0.25, 0.3) is 5.91 Å². The number of ether oxygens (including phenoxy) is 2. The third-order valence-corrected chi connectivity index (χ3v) is 3.66. The van der Waals surface area contributed by atoms with E-state index in [0.717, 1.165) is 18.8 Å². The lowest BCUT2D eigenvalue weighted by atomic mass is 10.3. The molecule has 2 N–H and O–H groups in total. The topological polar surface area (TPSA) is 72.5 Å². The molecule has 0 atom stereocenters. The minimum absolute atomic E-state index is 0.168. The van der Waals surface area contributed by atoms with E-state index in [-0.39, 0.29) is 12.5 Å². The minimum Gasteiger partial charge on any atom is -0.482 e. The number of benzene rings is 1. The Morgan fingerprint density at radius 1 is 1.24 bits per heavy atom. The van der Waals surface area contributed by atoms with Crippen LogP contribution in [0.4, 0.5) is 11.5 Å². The standard InChI is InChI=1S/C17H19Cl2N3O3/c1-24-8-2-7-20-16-6-4-13(10-21-16)22-17(23)11-25-15-5-3-12(18)9-14(15)19/h3-6,9-10H,2,7-8,11H2,1H3,(H,20,21)(H,22,23). The molecular weight excluding hydrogens is 365 g/mol. The molecule has 1 amide bonds. The minimum atomic E-state index is -0.311. The molecule has 1 heterocycles. The maximum absolute atomic E-state index is 11.9. The number of rotatable bonds is 9. The number of amides is 1. The van der Waals surface area contributed by atoms with Crippen LogP contribution in [0, 0.1) is 0 Å².